The summed E-state index contributed by atoms with van der Waals surface area (Å²) >= 11 is 0. The summed E-state index contributed by atoms with van der Waals surface area (Å²) < 4.78 is 30.2. The molecule has 164 valence electrons. The lowest BCUT2D eigenvalue weighted by atomic mass is 10.1. The van der Waals surface area contributed by atoms with Crippen LogP contribution in [0.1, 0.15) is 20.7 Å². The summed E-state index contributed by atoms with van der Waals surface area (Å²) in [5.74, 6) is 0.677. The number of nitro groups is 1. The fourth-order valence-electron chi connectivity index (χ4n) is 2.79. The number of benzene rings is 2. The Balaban J connectivity index is 0.000000179. The Bertz CT molecular complexity index is 1000. The molecular formula is C20H19NO10. The molecule has 0 bridgehead atoms. The number of esters is 2. The number of methoxy groups -OCH3 is 2. The molecule has 0 radical (unpaired) electrons. The van der Waals surface area contributed by atoms with Crippen LogP contribution in [0.3, 0.4) is 0 Å². The Labute approximate surface area is 176 Å². The summed E-state index contributed by atoms with van der Waals surface area (Å²) in [4.78, 5) is 32.7. The van der Waals surface area contributed by atoms with Crippen LogP contribution in [0.25, 0.3) is 0 Å². The number of carbonyl (C=O) groups is 2. The maximum absolute atomic E-state index is 11.4. The first-order valence-corrected chi connectivity index (χ1v) is 9.09. The van der Waals surface area contributed by atoms with E-state index >= 15 is 0 Å². The Morgan fingerprint density at radius 3 is 1.87 bits per heavy atom. The normalized spacial score (nSPS) is 13.2. The lowest BCUT2D eigenvalue weighted by Crippen LogP contribution is -2.17. The molecule has 0 fully saturated rings. The maximum Gasteiger partial charge on any atom is 0.345 e. The average molecular weight is 433 g/mol. The second-order valence-corrected chi connectivity index (χ2v) is 6.11. The summed E-state index contributed by atoms with van der Waals surface area (Å²) in [5, 5.41) is 10.8. The van der Waals surface area contributed by atoms with Crippen LogP contribution in [0, 0.1) is 10.1 Å². The van der Waals surface area contributed by atoms with Gasteiger partial charge in [-0.25, -0.2) is 9.59 Å². The van der Waals surface area contributed by atoms with Crippen molar-refractivity contribution in [1.29, 1.82) is 0 Å². The fourth-order valence-corrected chi connectivity index (χ4v) is 2.79. The van der Waals surface area contributed by atoms with Gasteiger partial charge in [0, 0.05) is 6.07 Å². The minimum Gasteiger partial charge on any atom is -0.486 e. The molecular weight excluding hydrogens is 414 g/mol. The van der Waals surface area contributed by atoms with Gasteiger partial charge in [-0.1, -0.05) is 0 Å². The van der Waals surface area contributed by atoms with Gasteiger partial charge in [-0.05, 0) is 18.2 Å². The van der Waals surface area contributed by atoms with Crippen LogP contribution in [0.15, 0.2) is 30.3 Å². The Morgan fingerprint density at radius 1 is 0.806 bits per heavy atom. The highest BCUT2D eigenvalue weighted by Gasteiger charge is 2.26. The van der Waals surface area contributed by atoms with Crippen molar-refractivity contribution in [3.05, 3.63) is 51.6 Å². The van der Waals surface area contributed by atoms with Crippen molar-refractivity contribution in [1.82, 2.24) is 0 Å². The summed E-state index contributed by atoms with van der Waals surface area (Å²) in [5.41, 5.74) is -0.0420. The number of ether oxygens (including phenoxy) is 6. The summed E-state index contributed by atoms with van der Waals surface area (Å²) in [6, 6.07) is 7.42. The van der Waals surface area contributed by atoms with Crippen LogP contribution in [0.5, 0.6) is 23.0 Å². The quantitative estimate of drug-likeness (QED) is 0.404. The van der Waals surface area contributed by atoms with Crippen molar-refractivity contribution in [2.75, 3.05) is 40.6 Å². The average Bonchev–Trinajstić information content (AvgIpc) is 2.82. The van der Waals surface area contributed by atoms with Crippen molar-refractivity contribution in [3.63, 3.8) is 0 Å². The number of nitrogens with zero attached hydrogens (tertiary/aromatic N) is 1. The first-order chi connectivity index (χ1) is 14.9. The molecule has 0 aromatic heterocycles. The van der Waals surface area contributed by atoms with Gasteiger partial charge >= 0.3 is 11.9 Å². The molecule has 2 aliphatic heterocycles. The molecule has 11 heteroatoms. The monoisotopic (exact) mass is 433 g/mol. The molecule has 0 spiro atoms. The van der Waals surface area contributed by atoms with E-state index in [-0.39, 0.29) is 23.0 Å². The van der Waals surface area contributed by atoms with Gasteiger partial charge in [0.1, 0.15) is 32.0 Å². The number of hydrogen-bond donors (Lipinski definition) is 0. The molecule has 2 aliphatic rings. The van der Waals surface area contributed by atoms with Crippen molar-refractivity contribution in [3.8, 4) is 23.0 Å². The number of fused-ring (bicyclic) bond motifs is 2. The zero-order valence-electron chi connectivity index (χ0n) is 16.7. The summed E-state index contributed by atoms with van der Waals surface area (Å²) in [6.07, 6.45) is 0. The number of rotatable bonds is 3. The summed E-state index contributed by atoms with van der Waals surface area (Å²) in [6.45, 7) is 1.72. The van der Waals surface area contributed by atoms with Crippen LogP contribution in [-0.4, -0.2) is 57.5 Å². The largest absolute Gasteiger partial charge is 0.486 e. The molecule has 0 saturated carbocycles. The van der Waals surface area contributed by atoms with E-state index in [2.05, 4.69) is 9.47 Å². The highest BCUT2D eigenvalue weighted by atomic mass is 16.6. The SMILES string of the molecule is COC(=O)c1cc2c(cc1[N+](=O)[O-])OCCO2.COC(=O)c1ccc2c(c1)OCCO2. The number of carbonyl (C=O) groups excluding carboxylic acids is 2. The van der Waals surface area contributed by atoms with E-state index in [1.807, 2.05) is 0 Å². The van der Waals surface area contributed by atoms with Crippen molar-refractivity contribution in [2.45, 2.75) is 0 Å². The molecule has 0 unspecified atom stereocenters. The Morgan fingerprint density at radius 2 is 1.32 bits per heavy atom. The van der Waals surface area contributed by atoms with Crippen molar-refractivity contribution < 1.29 is 42.9 Å². The molecule has 31 heavy (non-hydrogen) atoms. The number of hydrogen-bond acceptors (Lipinski definition) is 10. The van der Waals surface area contributed by atoms with Crippen molar-refractivity contribution >= 4 is 17.6 Å². The van der Waals surface area contributed by atoms with Crippen LogP contribution in [0.4, 0.5) is 5.69 Å². The molecule has 0 amide bonds. The predicted molar refractivity (Wildman–Crippen MR) is 104 cm³/mol. The van der Waals surface area contributed by atoms with Crippen molar-refractivity contribution in [2.24, 2.45) is 0 Å². The molecule has 0 saturated heterocycles. The molecule has 2 aromatic carbocycles. The minimum atomic E-state index is -0.784. The van der Waals surface area contributed by atoms with Crippen LogP contribution < -0.4 is 18.9 Å². The first kappa shape index (κ1) is 21.7. The van der Waals surface area contributed by atoms with E-state index in [1.165, 1.54) is 19.2 Å². The highest BCUT2D eigenvalue weighted by molar-refractivity contribution is 5.95. The third-order valence-corrected chi connectivity index (χ3v) is 4.23. The zero-order valence-corrected chi connectivity index (χ0v) is 16.7. The third-order valence-electron chi connectivity index (χ3n) is 4.23. The van der Waals surface area contributed by atoms with E-state index in [1.54, 1.807) is 18.2 Å². The van der Waals surface area contributed by atoms with E-state index in [0.717, 1.165) is 7.11 Å². The van der Waals surface area contributed by atoms with Gasteiger partial charge in [-0.2, -0.15) is 0 Å². The molecule has 0 aliphatic carbocycles. The van der Waals surface area contributed by atoms with Crippen LogP contribution in [0.2, 0.25) is 0 Å². The van der Waals surface area contributed by atoms with Gasteiger partial charge in [-0.3, -0.25) is 10.1 Å². The van der Waals surface area contributed by atoms with E-state index in [4.69, 9.17) is 18.9 Å². The lowest BCUT2D eigenvalue weighted by Gasteiger charge is -2.18. The molecule has 2 aromatic rings. The molecule has 2 heterocycles. The number of nitro benzene ring substituents is 1. The molecule has 0 N–H and O–H groups in total. The molecule has 11 nitrogen and oxygen atoms in total. The second kappa shape index (κ2) is 9.65. The first-order valence-electron chi connectivity index (χ1n) is 9.09. The zero-order chi connectivity index (χ0) is 22.4. The molecule has 4 rings (SSSR count). The van der Waals surface area contributed by atoms with E-state index in [0.29, 0.717) is 49.2 Å². The Hall–Kier alpha value is -4.02. The second-order valence-electron chi connectivity index (χ2n) is 6.11. The topological polar surface area (TPSA) is 133 Å². The van der Waals surface area contributed by atoms with Gasteiger partial charge in [-0.15, -0.1) is 0 Å². The van der Waals surface area contributed by atoms with Gasteiger partial charge < -0.3 is 28.4 Å². The van der Waals surface area contributed by atoms with Gasteiger partial charge in [0.25, 0.3) is 5.69 Å². The third kappa shape index (κ3) is 4.94. The van der Waals surface area contributed by atoms with Gasteiger partial charge in [0.2, 0.25) is 0 Å². The van der Waals surface area contributed by atoms with Gasteiger partial charge in [0.15, 0.2) is 23.0 Å². The minimum absolute atomic E-state index is 0.151. The van der Waals surface area contributed by atoms with Crippen LogP contribution >= 0.6 is 0 Å². The highest BCUT2D eigenvalue weighted by Crippen LogP contribution is 2.36. The predicted octanol–water partition coefficient (Wildman–Crippen LogP) is 2.40. The van der Waals surface area contributed by atoms with Crippen LogP contribution in [-0.2, 0) is 9.47 Å². The van der Waals surface area contributed by atoms with E-state index < -0.39 is 10.9 Å². The smallest absolute Gasteiger partial charge is 0.345 e. The van der Waals surface area contributed by atoms with Gasteiger partial charge in [0.05, 0.1) is 30.8 Å². The standard InChI is InChI=1S/C10H9NO6.C10H10O4/c1-15-10(12)6-4-8-9(17-3-2-16-8)5-7(6)11(13)14;1-12-10(11)7-2-3-8-9(6-7)14-5-4-13-8/h4-5H,2-3H2,1H3;2-3,6H,4-5H2,1H3. The molecule has 0 atom stereocenters. The van der Waals surface area contributed by atoms with E-state index in [9.17, 15) is 19.7 Å². The fraction of sp³-hybridized carbons (Fsp3) is 0.300. The lowest BCUT2D eigenvalue weighted by molar-refractivity contribution is -0.385. The summed E-state index contributed by atoms with van der Waals surface area (Å²) in [7, 11) is 2.50. The Kier molecular flexibility index (Phi) is 6.75. The maximum atomic E-state index is 11.4.